The molecule has 23 heavy (non-hydrogen) atoms. The van der Waals surface area contributed by atoms with Gasteiger partial charge >= 0.3 is 0 Å². The van der Waals surface area contributed by atoms with Crippen molar-refractivity contribution in [2.75, 3.05) is 13.1 Å². The Kier molecular flexibility index (Phi) is 6.53. The molecular formula is C16H24ClN3O3. The molecule has 1 aliphatic heterocycles. The van der Waals surface area contributed by atoms with Crippen LogP contribution in [-0.4, -0.2) is 30.0 Å². The summed E-state index contributed by atoms with van der Waals surface area (Å²) in [5, 5.41) is 17.2. The molecule has 0 spiro atoms. The van der Waals surface area contributed by atoms with E-state index in [9.17, 15) is 14.9 Å². The third-order valence-electron chi connectivity index (χ3n) is 4.45. The summed E-state index contributed by atoms with van der Waals surface area (Å²) in [6, 6.07) is 4.68. The lowest BCUT2D eigenvalue weighted by molar-refractivity contribution is -0.385. The van der Waals surface area contributed by atoms with Gasteiger partial charge in [-0.25, -0.2) is 0 Å². The standard InChI is InChI=1S/C16H23N3O3.ClH/c1-11-9-12(5-6-13(11)19(21)22)15(20)18-10-14-16(2,3)7-4-8-17-14;/h5-6,9,14,17H,4,7-8,10H2,1-3H3,(H,18,20);1H. The van der Waals surface area contributed by atoms with Crippen LogP contribution in [0.3, 0.4) is 0 Å². The molecule has 0 radical (unpaired) electrons. The fourth-order valence-corrected chi connectivity index (χ4v) is 2.92. The van der Waals surface area contributed by atoms with Gasteiger partial charge in [-0.05, 0) is 43.9 Å². The van der Waals surface area contributed by atoms with E-state index in [0.717, 1.165) is 19.4 Å². The number of amides is 1. The maximum absolute atomic E-state index is 12.2. The van der Waals surface area contributed by atoms with Crippen LogP contribution in [0.1, 0.15) is 42.6 Å². The zero-order valence-corrected chi connectivity index (χ0v) is 14.5. The molecule has 6 nitrogen and oxygen atoms in total. The van der Waals surface area contributed by atoms with E-state index in [4.69, 9.17) is 0 Å². The second-order valence-corrected chi connectivity index (χ2v) is 6.57. The number of carbonyl (C=O) groups excluding carboxylic acids is 1. The van der Waals surface area contributed by atoms with Crippen LogP contribution in [0, 0.1) is 22.5 Å². The van der Waals surface area contributed by atoms with Crippen molar-refractivity contribution in [1.82, 2.24) is 10.6 Å². The predicted octanol–water partition coefficient (Wildman–Crippen LogP) is 2.83. The minimum atomic E-state index is -0.439. The van der Waals surface area contributed by atoms with E-state index in [0.29, 0.717) is 17.7 Å². The summed E-state index contributed by atoms with van der Waals surface area (Å²) < 4.78 is 0. The number of nitrogens with zero attached hydrogens (tertiary/aromatic N) is 1. The van der Waals surface area contributed by atoms with E-state index in [1.807, 2.05) is 0 Å². The number of nitro groups is 1. The van der Waals surface area contributed by atoms with E-state index in [-0.39, 0.29) is 35.5 Å². The van der Waals surface area contributed by atoms with Crippen molar-refractivity contribution in [2.45, 2.75) is 39.7 Å². The number of hydrogen-bond donors (Lipinski definition) is 2. The van der Waals surface area contributed by atoms with Crippen molar-refractivity contribution in [1.29, 1.82) is 0 Å². The van der Waals surface area contributed by atoms with Gasteiger partial charge in [-0.1, -0.05) is 13.8 Å². The van der Waals surface area contributed by atoms with Crippen molar-refractivity contribution in [2.24, 2.45) is 5.41 Å². The highest BCUT2D eigenvalue weighted by atomic mass is 35.5. The lowest BCUT2D eigenvalue weighted by Gasteiger charge is -2.39. The first-order chi connectivity index (χ1) is 10.3. The highest BCUT2D eigenvalue weighted by molar-refractivity contribution is 5.94. The summed E-state index contributed by atoms with van der Waals surface area (Å²) in [4.78, 5) is 22.6. The normalized spacial score (nSPS) is 19.5. The van der Waals surface area contributed by atoms with Crippen molar-refractivity contribution in [3.05, 3.63) is 39.4 Å². The molecule has 1 aromatic carbocycles. The first-order valence-electron chi connectivity index (χ1n) is 7.58. The van der Waals surface area contributed by atoms with Gasteiger partial charge in [0.2, 0.25) is 0 Å². The summed E-state index contributed by atoms with van der Waals surface area (Å²) in [6.07, 6.45) is 2.29. The van der Waals surface area contributed by atoms with E-state index in [1.165, 1.54) is 12.1 Å². The molecule has 1 aliphatic rings. The largest absolute Gasteiger partial charge is 0.350 e. The Bertz CT molecular complexity index is 590. The average Bonchev–Trinajstić information content (AvgIpc) is 2.44. The lowest BCUT2D eigenvalue weighted by atomic mass is 9.77. The van der Waals surface area contributed by atoms with Gasteiger partial charge in [0.15, 0.2) is 0 Å². The topological polar surface area (TPSA) is 84.3 Å². The molecule has 1 aromatic rings. The quantitative estimate of drug-likeness (QED) is 0.651. The Morgan fingerprint density at radius 3 is 2.74 bits per heavy atom. The Morgan fingerprint density at radius 2 is 2.17 bits per heavy atom. The number of carbonyl (C=O) groups is 1. The molecule has 0 bridgehead atoms. The van der Waals surface area contributed by atoms with Gasteiger partial charge in [0.25, 0.3) is 11.6 Å². The van der Waals surface area contributed by atoms with E-state index in [2.05, 4.69) is 24.5 Å². The molecule has 1 saturated heterocycles. The monoisotopic (exact) mass is 341 g/mol. The number of piperidine rings is 1. The molecule has 1 heterocycles. The molecule has 7 heteroatoms. The molecule has 128 valence electrons. The van der Waals surface area contributed by atoms with Crippen LogP contribution in [0.4, 0.5) is 5.69 Å². The first kappa shape index (κ1) is 19.4. The van der Waals surface area contributed by atoms with Crippen molar-refractivity contribution in [3.8, 4) is 0 Å². The highest BCUT2D eigenvalue weighted by Crippen LogP contribution is 2.29. The van der Waals surface area contributed by atoms with Gasteiger partial charge in [-0.3, -0.25) is 14.9 Å². The van der Waals surface area contributed by atoms with Gasteiger partial charge in [0.05, 0.1) is 4.92 Å². The summed E-state index contributed by atoms with van der Waals surface area (Å²) >= 11 is 0. The van der Waals surface area contributed by atoms with Crippen molar-refractivity contribution >= 4 is 24.0 Å². The minimum absolute atomic E-state index is 0. The second kappa shape index (κ2) is 7.75. The number of hydrogen-bond acceptors (Lipinski definition) is 4. The number of nitrogens with one attached hydrogen (secondary N) is 2. The number of rotatable bonds is 4. The third-order valence-corrected chi connectivity index (χ3v) is 4.45. The van der Waals surface area contributed by atoms with Crippen LogP contribution in [0.15, 0.2) is 18.2 Å². The zero-order chi connectivity index (χ0) is 16.3. The number of halogens is 1. The van der Waals surface area contributed by atoms with Crippen LogP contribution in [0.2, 0.25) is 0 Å². The van der Waals surface area contributed by atoms with Crippen LogP contribution < -0.4 is 10.6 Å². The van der Waals surface area contributed by atoms with Gasteiger partial charge < -0.3 is 10.6 Å². The SMILES string of the molecule is Cc1cc(C(=O)NCC2NCCCC2(C)C)ccc1[N+](=O)[O-].Cl. The Morgan fingerprint density at radius 1 is 1.48 bits per heavy atom. The van der Waals surface area contributed by atoms with Crippen LogP contribution in [0.5, 0.6) is 0 Å². The molecule has 2 N–H and O–H groups in total. The predicted molar refractivity (Wildman–Crippen MR) is 92.2 cm³/mol. The van der Waals surface area contributed by atoms with E-state index < -0.39 is 4.92 Å². The molecular weight excluding hydrogens is 318 g/mol. The highest BCUT2D eigenvalue weighted by Gasteiger charge is 2.32. The van der Waals surface area contributed by atoms with Gasteiger partial charge in [-0.2, -0.15) is 0 Å². The smallest absolute Gasteiger partial charge is 0.272 e. The van der Waals surface area contributed by atoms with Crippen molar-refractivity contribution in [3.63, 3.8) is 0 Å². The summed E-state index contributed by atoms with van der Waals surface area (Å²) in [5.41, 5.74) is 1.13. The van der Waals surface area contributed by atoms with E-state index in [1.54, 1.807) is 13.0 Å². The minimum Gasteiger partial charge on any atom is -0.350 e. The average molecular weight is 342 g/mol. The fourth-order valence-electron chi connectivity index (χ4n) is 2.92. The van der Waals surface area contributed by atoms with Gasteiger partial charge in [-0.15, -0.1) is 12.4 Å². The van der Waals surface area contributed by atoms with Gasteiger partial charge in [0, 0.05) is 29.8 Å². The number of nitro benzene ring substituents is 1. The summed E-state index contributed by atoms with van der Waals surface area (Å²) in [7, 11) is 0. The molecule has 0 aliphatic carbocycles. The number of benzene rings is 1. The zero-order valence-electron chi connectivity index (χ0n) is 13.7. The van der Waals surface area contributed by atoms with E-state index >= 15 is 0 Å². The molecule has 1 amide bonds. The van der Waals surface area contributed by atoms with Crippen LogP contribution in [-0.2, 0) is 0 Å². The van der Waals surface area contributed by atoms with Gasteiger partial charge in [0.1, 0.15) is 0 Å². The maximum Gasteiger partial charge on any atom is 0.272 e. The third kappa shape index (κ3) is 4.65. The molecule has 1 unspecified atom stereocenters. The molecule has 2 rings (SSSR count). The maximum atomic E-state index is 12.2. The van der Waals surface area contributed by atoms with Crippen molar-refractivity contribution < 1.29 is 9.72 Å². The van der Waals surface area contributed by atoms with Crippen LogP contribution >= 0.6 is 12.4 Å². The second-order valence-electron chi connectivity index (χ2n) is 6.57. The summed E-state index contributed by atoms with van der Waals surface area (Å²) in [5.74, 6) is -0.193. The fraction of sp³-hybridized carbons (Fsp3) is 0.562. The molecule has 1 fully saturated rings. The summed E-state index contributed by atoms with van der Waals surface area (Å²) in [6.45, 7) is 7.57. The number of aryl methyl sites for hydroxylation is 1. The Hall–Kier alpha value is -1.66. The molecule has 1 atom stereocenters. The molecule has 0 saturated carbocycles. The Balaban J connectivity index is 0.00000264. The van der Waals surface area contributed by atoms with Crippen LogP contribution in [0.25, 0.3) is 0 Å². The first-order valence-corrected chi connectivity index (χ1v) is 7.58. The lowest BCUT2D eigenvalue weighted by Crippen LogP contribution is -2.52. The Labute approximate surface area is 142 Å². The molecule has 0 aromatic heterocycles.